The first-order valence-electron chi connectivity index (χ1n) is 14.8. The molecular formula is C33H40N2O4. The molecule has 2 fully saturated rings. The van der Waals surface area contributed by atoms with Crippen LogP contribution in [0.5, 0.6) is 0 Å². The number of hydrogen-bond acceptors (Lipinski definition) is 4. The first-order valence-corrected chi connectivity index (χ1v) is 14.8. The summed E-state index contributed by atoms with van der Waals surface area (Å²) in [5.41, 5.74) is 8.22. The van der Waals surface area contributed by atoms with Crippen LogP contribution in [0, 0.1) is 5.92 Å². The van der Waals surface area contributed by atoms with Crippen LogP contribution in [0.25, 0.3) is 22.2 Å². The SMILES string of the molecule is CCc1ccc2c(c1)CC(NC(=O)C1CCOCC1)Cn1c-2c(C2CCCCC2)c2ccc(C(=O)OC)cc21. The summed E-state index contributed by atoms with van der Waals surface area (Å²) in [4.78, 5) is 25.9. The standard InChI is InChI=1S/C33H40N2O4/c1-3-21-9-11-27-25(17-21)18-26(34-32(36)23-13-15-39-16-14-23)20-35-29-19-24(33(37)38-2)10-12-28(29)30(31(27)35)22-7-5-4-6-8-22/h9-12,17,19,22-23,26H,3-8,13-16,18,20H2,1-2H3,(H,34,36). The molecule has 1 aliphatic carbocycles. The minimum absolute atomic E-state index is 0.00746. The predicted molar refractivity (Wildman–Crippen MR) is 153 cm³/mol. The second kappa shape index (κ2) is 11.2. The molecule has 206 valence electrons. The summed E-state index contributed by atoms with van der Waals surface area (Å²) in [6, 6.07) is 12.9. The fourth-order valence-corrected chi connectivity index (χ4v) is 7.10. The van der Waals surface area contributed by atoms with E-state index in [1.807, 2.05) is 12.1 Å². The molecule has 0 radical (unpaired) electrons. The van der Waals surface area contributed by atoms with E-state index in [4.69, 9.17) is 9.47 Å². The number of hydrogen-bond donors (Lipinski definition) is 1. The number of carbonyl (C=O) groups excluding carboxylic acids is 2. The van der Waals surface area contributed by atoms with Crippen molar-refractivity contribution in [2.24, 2.45) is 5.92 Å². The Bertz CT molecular complexity index is 1380. The summed E-state index contributed by atoms with van der Waals surface area (Å²) in [6.07, 6.45) is 9.52. The van der Waals surface area contributed by atoms with Crippen molar-refractivity contribution >= 4 is 22.8 Å². The van der Waals surface area contributed by atoms with Crippen molar-refractivity contribution in [1.29, 1.82) is 0 Å². The van der Waals surface area contributed by atoms with Gasteiger partial charge in [-0.1, -0.05) is 50.5 Å². The number of methoxy groups -OCH3 is 1. The van der Waals surface area contributed by atoms with Gasteiger partial charge in [-0.05, 0) is 73.3 Å². The Morgan fingerprint density at radius 2 is 1.82 bits per heavy atom. The third-order valence-corrected chi connectivity index (χ3v) is 9.18. The number of nitrogens with zero attached hydrogens (tertiary/aromatic N) is 1. The van der Waals surface area contributed by atoms with Gasteiger partial charge in [0.2, 0.25) is 5.91 Å². The number of aromatic nitrogens is 1. The molecule has 2 aliphatic heterocycles. The summed E-state index contributed by atoms with van der Waals surface area (Å²) in [6.45, 7) is 4.17. The van der Waals surface area contributed by atoms with Crippen LogP contribution in [0.15, 0.2) is 36.4 Å². The van der Waals surface area contributed by atoms with Gasteiger partial charge >= 0.3 is 5.97 Å². The molecule has 1 saturated heterocycles. The van der Waals surface area contributed by atoms with Crippen molar-refractivity contribution in [2.45, 2.75) is 83.2 Å². The van der Waals surface area contributed by atoms with Gasteiger partial charge in [0.1, 0.15) is 0 Å². The number of ether oxygens (including phenoxy) is 2. The summed E-state index contributed by atoms with van der Waals surface area (Å²) < 4.78 is 13.0. The molecule has 1 atom stereocenters. The molecule has 6 nitrogen and oxygen atoms in total. The van der Waals surface area contributed by atoms with E-state index >= 15 is 0 Å². The number of rotatable bonds is 5. The molecule has 3 heterocycles. The molecule has 6 rings (SSSR count). The van der Waals surface area contributed by atoms with Crippen molar-refractivity contribution in [3.8, 4) is 11.3 Å². The molecule has 39 heavy (non-hydrogen) atoms. The Morgan fingerprint density at radius 3 is 2.56 bits per heavy atom. The number of esters is 1. The van der Waals surface area contributed by atoms with Crippen LogP contribution in [0.1, 0.15) is 84.8 Å². The first kappa shape index (κ1) is 26.1. The Labute approximate surface area is 231 Å². The quantitative estimate of drug-likeness (QED) is 0.402. The van der Waals surface area contributed by atoms with E-state index in [1.165, 1.54) is 72.5 Å². The molecular weight excluding hydrogens is 488 g/mol. The van der Waals surface area contributed by atoms with Crippen LogP contribution < -0.4 is 5.32 Å². The van der Waals surface area contributed by atoms with Gasteiger partial charge in [0.25, 0.3) is 0 Å². The summed E-state index contributed by atoms with van der Waals surface area (Å²) in [5, 5.41) is 4.67. The zero-order valence-electron chi connectivity index (χ0n) is 23.3. The Morgan fingerprint density at radius 1 is 1.03 bits per heavy atom. The van der Waals surface area contributed by atoms with Crippen LogP contribution in [0.4, 0.5) is 0 Å². The van der Waals surface area contributed by atoms with Crippen LogP contribution in [0.3, 0.4) is 0 Å². The lowest BCUT2D eigenvalue weighted by Crippen LogP contribution is -2.43. The third kappa shape index (κ3) is 5.00. The first-order chi connectivity index (χ1) is 19.1. The van der Waals surface area contributed by atoms with Crippen LogP contribution >= 0.6 is 0 Å². The van der Waals surface area contributed by atoms with Gasteiger partial charge in [0.15, 0.2) is 0 Å². The van der Waals surface area contributed by atoms with Crippen molar-refractivity contribution in [3.63, 3.8) is 0 Å². The van der Waals surface area contributed by atoms with Crippen molar-refractivity contribution in [1.82, 2.24) is 9.88 Å². The van der Waals surface area contributed by atoms with E-state index in [0.29, 0.717) is 31.2 Å². The average molecular weight is 529 g/mol. The molecule has 3 aromatic rings. The van der Waals surface area contributed by atoms with E-state index in [2.05, 4.69) is 41.1 Å². The predicted octanol–water partition coefficient (Wildman–Crippen LogP) is 6.17. The topological polar surface area (TPSA) is 69.6 Å². The molecule has 0 bridgehead atoms. The van der Waals surface area contributed by atoms with Crippen LogP contribution in [-0.4, -0.2) is 42.8 Å². The molecule has 6 heteroatoms. The lowest BCUT2D eigenvalue weighted by atomic mass is 9.81. The van der Waals surface area contributed by atoms with Crippen LogP contribution in [0.2, 0.25) is 0 Å². The Hall–Kier alpha value is -3.12. The second-order valence-corrected chi connectivity index (χ2v) is 11.6. The summed E-state index contributed by atoms with van der Waals surface area (Å²) >= 11 is 0. The smallest absolute Gasteiger partial charge is 0.337 e. The van der Waals surface area contributed by atoms with E-state index in [1.54, 1.807) is 0 Å². The minimum Gasteiger partial charge on any atom is -0.465 e. The molecule has 1 saturated carbocycles. The fraction of sp³-hybridized carbons (Fsp3) is 0.515. The highest BCUT2D eigenvalue weighted by Crippen LogP contribution is 2.46. The molecule has 3 aliphatic rings. The lowest BCUT2D eigenvalue weighted by Gasteiger charge is -2.25. The van der Waals surface area contributed by atoms with Gasteiger partial charge in [-0.15, -0.1) is 0 Å². The average Bonchev–Trinajstić information content (AvgIpc) is 3.21. The highest BCUT2D eigenvalue weighted by Gasteiger charge is 2.33. The number of benzene rings is 2. The zero-order chi connectivity index (χ0) is 26.9. The maximum absolute atomic E-state index is 13.4. The van der Waals surface area contributed by atoms with Gasteiger partial charge in [-0.25, -0.2) is 4.79 Å². The fourth-order valence-electron chi connectivity index (χ4n) is 7.10. The highest BCUT2D eigenvalue weighted by atomic mass is 16.5. The van der Waals surface area contributed by atoms with E-state index in [-0.39, 0.29) is 23.8 Å². The minimum atomic E-state index is -0.322. The van der Waals surface area contributed by atoms with Gasteiger partial charge in [-0.3, -0.25) is 4.79 Å². The zero-order valence-corrected chi connectivity index (χ0v) is 23.3. The van der Waals surface area contributed by atoms with Crippen LogP contribution in [-0.2, 0) is 33.7 Å². The van der Waals surface area contributed by atoms with Crippen molar-refractivity contribution in [3.05, 3.63) is 58.7 Å². The van der Waals surface area contributed by atoms with E-state index in [0.717, 1.165) is 31.2 Å². The number of amides is 1. The summed E-state index contributed by atoms with van der Waals surface area (Å²) in [5.74, 6) is 0.318. The Kier molecular flexibility index (Phi) is 7.48. The van der Waals surface area contributed by atoms with E-state index < -0.39 is 0 Å². The molecule has 2 aromatic carbocycles. The van der Waals surface area contributed by atoms with E-state index in [9.17, 15) is 9.59 Å². The van der Waals surface area contributed by atoms with Gasteiger partial charge in [0, 0.05) is 42.1 Å². The second-order valence-electron chi connectivity index (χ2n) is 11.6. The molecule has 1 amide bonds. The van der Waals surface area contributed by atoms with Crippen molar-refractivity contribution in [2.75, 3.05) is 20.3 Å². The number of carbonyl (C=O) groups is 2. The highest BCUT2D eigenvalue weighted by molar-refractivity contribution is 5.99. The summed E-state index contributed by atoms with van der Waals surface area (Å²) in [7, 11) is 1.43. The number of nitrogens with one attached hydrogen (secondary N) is 1. The third-order valence-electron chi connectivity index (χ3n) is 9.18. The monoisotopic (exact) mass is 528 g/mol. The lowest BCUT2D eigenvalue weighted by molar-refractivity contribution is -0.128. The normalized spacial score (nSPS) is 20.2. The maximum atomic E-state index is 13.4. The maximum Gasteiger partial charge on any atom is 0.337 e. The van der Waals surface area contributed by atoms with Gasteiger partial charge < -0.3 is 19.4 Å². The number of aryl methyl sites for hydroxylation is 1. The van der Waals surface area contributed by atoms with Gasteiger partial charge in [0.05, 0.1) is 24.4 Å². The van der Waals surface area contributed by atoms with Gasteiger partial charge in [-0.2, -0.15) is 0 Å². The molecule has 1 aromatic heterocycles. The Balaban J connectivity index is 1.52. The number of fused-ring (bicyclic) bond motifs is 5. The molecule has 1 unspecified atom stereocenters. The molecule has 1 N–H and O–H groups in total. The van der Waals surface area contributed by atoms with Crippen molar-refractivity contribution < 1.29 is 19.1 Å². The largest absolute Gasteiger partial charge is 0.465 e. The molecule has 0 spiro atoms.